The van der Waals surface area contributed by atoms with Crippen LogP contribution in [-0.4, -0.2) is 23.0 Å². The second-order valence-corrected chi connectivity index (χ2v) is 7.10. The molecule has 3 rings (SSSR count). The van der Waals surface area contributed by atoms with Crippen LogP contribution in [0.4, 0.5) is 0 Å². The Morgan fingerprint density at radius 3 is 2.83 bits per heavy atom. The molecular weight excluding hydrogens is 322 g/mol. The molecule has 126 valence electrons. The average molecular weight is 343 g/mol. The lowest BCUT2D eigenvalue weighted by Crippen LogP contribution is -2.42. The van der Waals surface area contributed by atoms with Gasteiger partial charge in [0, 0.05) is 5.38 Å². The Bertz CT molecular complexity index is 753. The number of carboxylic acid groups (broad SMARTS) is 1. The lowest BCUT2D eigenvalue weighted by Gasteiger charge is -2.28. The molecule has 0 saturated heterocycles. The third kappa shape index (κ3) is 3.51. The Morgan fingerprint density at radius 2 is 2.12 bits per heavy atom. The van der Waals surface area contributed by atoms with Gasteiger partial charge in [-0.2, -0.15) is 11.3 Å². The fraction of sp³-hybridized carbons (Fsp3) is 0.368. The first kappa shape index (κ1) is 16.7. The van der Waals surface area contributed by atoms with Crippen LogP contribution in [-0.2, 0) is 11.2 Å². The van der Waals surface area contributed by atoms with Gasteiger partial charge in [0.1, 0.15) is 6.04 Å². The van der Waals surface area contributed by atoms with E-state index in [-0.39, 0.29) is 11.8 Å². The first-order valence-corrected chi connectivity index (χ1v) is 9.15. The monoisotopic (exact) mass is 343 g/mol. The van der Waals surface area contributed by atoms with E-state index in [1.165, 1.54) is 22.5 Å². The van der Waals surface area contributed by atoms with E-state index in [1.807, 2.05) is 24.4 Å². The first-order valence-electron chi connectivity index (χ1n) is 8.20. The fourth-order valence-corrected chi connectivity index (χ4v) is 4.26. The smallest absolute Gasteiger partial charge is 0.326 e. The summed E-state index contributed by atoms with van der Waals surface area (Å²) < 4.78 is 0. The molecule has 1 aromatic carbocycles. The zero-order valence-corrected chi connectivity index (χ0v) is 14.4. The molecule has 24 heavy (non-hydrogen) atoms. The number of aliphatic carboxylic acids is 1. The SMILES string of the molecule is Cc1cscc1C(=O)NC(CC1CCCc2ccccc21)C(=O)O. The van der Waals surface area contributed by atoms with Gasteiger partial charge in [-0.1, -0.05) is 24.3 Å². The van der Waals surface area contributed by atoms with Crippen LogP contribution in [0.25, 0.3) is 0 Å². The molecular formula is C19H21NO3S. The molecule has 2 unspecified atom stereocenters. The van der Waals surface area contributed by atoms with Crippen LogP contribution in [0, 0.1) is 6.92 Å². The molecule has 0 radical (unpaired) electrons. The average Bonchev–Trinajstić information content (AvgIpc) is 3.00. The summed E-state index contributed by atoms with van der Waals surface area (Å²) in [5, 5.41) is 15.9. The molecule has 2 atom stereocenters. The number of carbonyl (C=O) groups excluding carboxylic acids is 1. The summed E-state index contributed by atoms with van der Waals surface area (Å²) in [5.74, 6) is -1.09. The van der Waals surface area contributed by atoms with Crippen molar-refractivity contribution in [3.8, 4) is 0 Å². The number of carboxylic acids is 1. The molecule has 1 aromatic heterocycles. The second kappa shape index (κ2) is 7.18. The van der Waals surface area contributed by atoms with E-state index in [4.69, 9.17) is 0 Å². The minimum atomic E-state index is -0.973. The van der Waals surface area contributed by atoms with E-state index in [0.717, 1.165) is 24.8 Å². The van der Waals surface area contributed by atoms with Gasteiger partial charge in [-0.05, 0) is 60.6 Å². The summed E-state index contributed by atoms with van der Waals surface area (Å²) in [7, 11) is 0. The third-order valence-corrected chi connectivity index (χ3v) is 5.58. The van der Waals surface area contributed by atoms with Crippen molar-refractivity contribution in [2.24, 2.45) is 0 Å². The summed E-state index contributed by atoms with van der Waals surface area (Å²) in [5.41, 5.74) is 3.98. The third-order valence-electron chi connectivity index (χ3n) is 4.72. The van der Waals surface area contributed by atoms with Crippen LogP contribution in [0.2, 0.25) is 0 Å². The Hall–Kier alpha value is -2.14. The highest BCUT2D eigenvalue weighted by atomic mass is 32.1. The lowest BCUT2D eigenvalue weighted by atomic mass is 9.79. The molecule has 0 saturated carbocycles. The zero-order valence-electron chi connectivity index (χ0n) is 13.6. The van der Waals surface area contributed by atoms with Crippen LogP contribution < -0.4 is 5.32 Å². The number of fused-ring (bicyclic) bond motifs is 1. The molecule has 2 N–H and O–H groups in total. The van der Waals surface area contributed by atoms with Gasteiger partial charge in [-0.15, -0.1) is 0 Å². The standard InChI is InChI=1S/C19H21NO3S/c1-12-10-24-11-16(12)18(21)20-17(19(22)23)9-14-7-4-6-13-5-2-3-8-15(13)14/h2-3,5,8,10-11,14,17H,4,6-7,9H2,1H3,(H,20,21)(H,22,23). The number of aryl methyl sites for hydroxylation is 2. The Balaban J connectivity index is 1.75. The minimum absolute atomic E-state index is 0.180. The molecule has 0 fully saturated rings. The second-order valence-electron chi connectivity index (χ2n) is 6.36. The molecule has 1 aliphatic carbocycles. The predicted octanol–water partition coefficient (Wildman–Crippen LogP) is 3.75. The predicted molar refractivity (Wildman–Crippen MR) is 94.7 cm³/mol. The first-order chi connectivity index (χ1) is 11.6. The van der Waals surface area contributed by atoms with Crippen molar-refractivity contribution in [2.45, 2.75) is 44.6 Å². The van der Waals surface area contributed by atoms with E-state index in [0.29, 0.717) is 12.0 Å². The Kier molecular flexibility index (Phi) is 5.00. The van der Waals surface area contributed by atoms with Gasteiger partial charge in [0.2, 0.25) is 0 Å². The number of benzene rings is 1. The summed E-state index contributed by atoms with van der Waals surface area (Å²) in [6.45, 7) is 1.86. The van der Waals surface area contributed by atoms with Crippen molar-refractivity contribution in [1.82, 2.24) is 5.32 Å². The van der Waals surface area contributed by atoms with Crippen molar-refractivity contribution in [3.05, 3.63) is 57.3 Å². The minimum Gasteiger partial charge on any atom is -0.480 e. The summed E-state index contributed by atoms with van der Waals surface area (Å²) >= 11 is 1.45. The van der Waals surface area contributed by atoms with Crippen LogP contribution in [0.5, 0.6) is 0 Å². The molecule has 4 nitrogen and oxygen atoms in total. The van der Waals surface area contributed by atoms with Gasteiger partial charge < -0.3 is 10.4 Å². The maximum Gasteiger partial charge on any atom is 0.326 e. The maximum atomic E-state index is 12.4. The highest BCUT2D eigenvalue weighted by Gasteiger charge is 2.28. The molecule has 0 bridgehead atoms. The van der Waals surface area contributed by atoms with E-state index in [2.05, 4.69) is 17.4 Å². The van der Waals surface area contributed by atoms with Gasteiger partial charge in [0.25, 0.3) is 5.91 Å². The van der Waals surface area contributed by atoms with Gasteiger partial charge in [0.05, 0.1) is 5.56 Å². The molecule has 0 aliphatic heterocycles. The van der Waals surface area contributed by atoms with E-state index >= 15 is 0 Å². The van der Waals surface area contributed by atoms with Crippen molar-refractivity contribution < 1.29 is 14.7 Å². The molecule has 2 aromatic rings. The quantitative estimate of drug-likeness (QED) is 0.869. The molecule has 5 heteroatoms. The largest absolute Gasteiger partial charge is 0.480 e. The number of nitrogens with one attached hydrogen (secondary N) is 1. The van der Waals surface area contributed by atoms with Crippen molar-refractivity contribution in [1.29, 1.82) is 0 Å². The summed E-state index contributed by atoms with van der Waals surface area (Å²) in [6.07, 6.45) is 3.51. The molecule has 0 spiro atoms. The van der Waals surface area contributed by atoms with E-state index < -0.39 is 12.0 Å². The van der Waals surface area contributed by atoms with Gasteiger partial charge in [-0.3, -0.25) is 4.79 Å². The van der Waals surface area contributed by atoms with E-state index in [9.17, 15) is 14.7 Å². The highest BCUT2D eigenvalue weighted by molar-refractivity contribution is 7.08. The van der Waals surface area contributed by atoms with Gasteiger partial charge in [-0.25, -0.2) is 4.79 Å². The van der Waals surface area contributed by atoms with Crippen LogP contribution >= 0.6 is 11.3 Å². The van der Waals surface area contributed by atoms with Crippen LogP contribution in [0.1, 0.15) is 52.2 Å². The van der Waals surface area contributed by atoms with Crippen molar-refractivity contribution in [2.75, 3.05) is 0 Å². The molecule has 1 heterocycles. The number of thiophene rings is 1. The number of carbonyl (C=O) groups is 2. The normalized spacial score (nSPS) is 17.8. The lowest BCUT2D eigenvalue weighted by molar-refractivity contribution is -0.139. The van der Waals surface area contributed by atoms with Gasteiger partial charge >= 0.3 is 5.97 Å². The van der Waals surface area contributed by atoms with Crippen LogP contribution in [0.15, 0.2) is 35.0 Å². The number of amides is 1. The summed E-state index contributed by atoms with van der Waals surface area (Å²) in [6, 6.07) is 7.36. The maximum absolute atomic E-state index is 12.4. The Morgan fingerprint density at radius 1 is 1.33 bits per heavy atom. The molecule has 1 amide bonds. The summed E-state index contributed by atoms with van der Waals surface area (Å²) in [4.78, 5) is 24.0. The Labute approximate surface area is 145 Å². The highest BCUT2D eigenvalue weighted by Crippen LogP contribution is 2.34. The van der Waals surface area contributed by atoms with E-state index in [1.54, 1.807) is 5.38 Å². The number of hydrogen-bond donors (Lipinski definition) is 2. The number of hydrogen-bond acceptors (Lipinski definition) is 3. The van der Waals surface area contributed by atoms with Crippen molar-refractivity contribution >= 4 is 23.2 Å². The molecule has 1 aliphatic rings. The number of rotatable bonds is 5. The topological polar surface area (TPSA) is 66.4 Å². The fourth-order valence-electron chi connectivity index (χ4n) is 3.43. The van der Waals surface area contributed by atoms with Crippen LogP contribution in [0.3, 0.4) is 0 Å². The van der Waals surface area contributed by atoms with Gasteiger partial charge in [0.15, 0.2) is 0 Å². The van der Waals surface area contributed by atoms with Crippen molar-refractivity contribution in [3.63, 3.8) is 0 Å². The zero-order chi connectivity index (χ0) is 17.1.